The number of nitrogens with one attached hydrogen (secondary N) is 1. The lowest BCUT2D eigenvalue weighted by Gasteiger charge is -2.39. The maximum Gasteiger partial charge on any atom is 0.251 e. The van der Waals surface area contributed by atoms with Crippen LogP contribution in [-0.2, 0) is 0 Å². The lowest BCUT2D eigenvalue weighted by molar-refractivity contribution is 0.0951. The van der Waals surface area contributed by atoms with Crippen molar-refractivity contribution in [1.29, 1.82) is 0 Å². The van der Waals surface area contributed by atoms with Gasteiger partial charge in [-0.1, -0.05) is 55.0 Å². The van der Waals surface area contributed by atoms with Crippen molar-refractivity contribution in [2.24, 2.45) is 0 Å². The Morgan fingerprint density at radius 1 is 1.03 bits per heavy atom. The Hall–Kier alpha value is -2.88. The second kappa shape index (κ2) is 9.95. The number of carbonyl (C=O) groups excluding carboxylic acids is 1. The van der Waals surface area contributed by atoms with E-state index in [0.717, 1.165) is 13.0 Å². The van der Waals surface area contributed by atoms with E-state index in [2.05, 4.69) is 71.7 Å². The predicted octanol–water partition coefficient (Wildman–Crippen LogP) is 6.09. The SMILES string of the molecule is CCN(c1cccc2ccccc12)C1CCCC(c2ccc(C(=O)NCCF)cc2)C1. The molecule has 1 fully saturated rings. The standard InChI is InChI=1S/C27H31FN2O/c1-2-30(26-12-6-8-21-7-3-4-11-25(21)26)24-10-5-9-23(19-24)20-13-15-22(16-14-20)27(31)29-18-17-28/h3-4,6-8,11-16,23-24H,2,5,9-10,17-19H2,1H3,(H,29,31). The van der Waals surface area contributed by atoms with Crippen LogP contribution < -0.4 is 10.2 Å². The summed E-state index contributed by atoms with van der Waals surface area (Å²) < 4.78 is 12.3. The molecule has 0 spiro atoms. The van der Waals surface area contributed by atoms with Gasteiger partial charge >= 0.3 is 0 Å². The van der Waals surface area contributed by atoms with Gasteiger partial charge in [-0.25, -0.2) is 4.39 Å². The van der Waals surface area contributed by atoms with Crippen LogP contribution in [0.3, 0.4) is 0 Å². The third-order valence-corrected chi connectivity index (χ3v) is 6.53. The van der Waals surface area contributed by atoms with Crippen LogP contribution in [0.2, 0.25) is 0 Å². The van der Waals surface area contributed by atoms with Crippen LogP contribution in [0.25, 0.3) is 10.8 Å². The van der Waals surface area contributed by atoms with Gasteiger partial charge in [-0.3, -0.25) is 4.79 Å². The van der Waals surface area contributed by atoms with Gasteiger partial charge in [-0.15, -0.1) is 0 Å². The number of alkyl halides is 1. The number of amides is 1. The Morgan fingerprint density at radius 3 is 2.58 bits per heavy atom. The highest BCUT2D eigenvalue weighted by Crippen LogP contribution is 2.38. The molecule has 3 nitrogen and oxygen atoms in total. The number of halogens is 1. The van der Waals surface area contributed by atoms with E-state index in [4.69, 9.17) is 0 Å². The third-order valence-electron chi connectivity index (χ3n) is 6.53. The van der Waals surface area contributed by atoms with E-state index >= 15 is 0 Å². The number of hydrogen-bond acceptors (Lipinski definition) is 2. The minimum Gasteiger partial charge on any atom is -0.368 e. The van der Waals surface area contributed by atoms with Gasteiger partial charge in [0.15, 0.2) is 0 Å². The number of rotatable bonds is 7. The predicted molar refractivity (Wildman–Crippen MR) is 127 cm³/mol. The minimum atomic E-state index is -0.544. The summed E-state index contributed by atoms with van der Waals surface area (Å²) in [6.07, 6.45) is 4.70. The monoisotopic (exact) mass is 418 g/mol. The van der Waals surface area contributed by atoms with Crippen molar-refractivity contribution in [3.8, 4) is 0 Å². The number of hydrogen-bond donors (Lipinski definition) is 1. The third kappa shape index (κ3) is 4.73. The van der Waals surface area contributed by atoms with Crippen molar-refractivity contribution in [2.45, 2.75) is 44.6 Å². The van der Waals surface area contributed by atoms with Crippen molar-refractivity contribution < 1.29 is 9.18 Å². The molecule has 1 aliphatic carbocycles. The normalized spacial score (nSPS) is 18.6. The molecule has 4 rings (SSSR count). The van der Waals surface area contributed by atoms with Gasteiger partial charge < -0.3 is 10.2 Å². The summed E-state index contributed by atoms with van der Waals surface area (Å²) in [7, 11) is 0. The number of carbonyl (C=O) groups is 1. The second-order valence-electron chi connectivity index (χ2n) is 8.37. The van der Waals surface area contributed by atoms with Crippen LogP contribution in [-0.4, -0.2) is 31.7 Å². The van der Waals surface area contributed by atoms with Crippen LogP contribution in [0.15, 0.2) is 66.7 Å². The van der Waals surface area contributed by atoms with E-state index in [1.165, 1.54) is 41.3 Å². The fourth-order valence-corrected chi connectivity index (χ4v) is 5.00. The smallest absolute Gasteiger partial charge is 0.251 e. The molecule has 0 aliphatic heterocycles. The average Bonchev–Trinajstić information content (AvgIpc) is 2.83. The average molecular weight is 419 g/mol. The quantitative estimate of drug-likeness (QED) is 0.503. The van der Waals surface area contributed by atoms with E-state index in [1.807, 2.05) is 12.1 Å². The molecule has 2 atom stereocenters. The first kappa shape index (κ1) is 21.4. The molecule has 1 N–H and O–H groups in total. The second-order valence-corrected chi connectivity index (χ2v) is 8.37. The highest BCUT2D eigenvalue weighted by molar-refractivity contribution is 5.95. The summed E-state index contributed by atoms with van der Waals surface area (Å²) >= 11 is 0. The van der Waals surface area contributed by atoms with Crippen molar-refractivity contribution in [2.75, 3.05) is 24.7 Å². The Balaban J connectivity index is 1.51. The van der Waals surface area contributed by atoms with Crippen LogP contribution in [0, 0.1) is 0 Å². The molecule has 0 heterocycles. The van der Waals surface area contributed by atoms with Crippen LogP contribution in [0.5, 0.6) is 0 Å². The first-order chi connectivity index (χ1) is 15.2. The molecule has 4 heteroatoms. The highest BCUT2D eigenvalue weighted by Gasteiger charge is 2.28. The molecular formula is C27H31FN2O. The molecule has 162 valence electrons. The molecule has 1 aliphatic rings. The van der Waals surface area contributed by atoms with Gasteiger partial charge in [-0.05, 0) is 61.3 Å². The largest absolute Gasteiger partial charge is 0.368 e. The summed E-state index contributed by atoms with van der Waals surface area (Å²) in [6, 6.07) is 23.6. The molecule has 31 heavy (non-hydrogen) atoms. The van der Waals surface area contributed by atoms with Gasteiger partial charge in [0.05, 0.1) is 0 Å². The van der Waals surface area contributed by atoms with Gasteiger partial charge in [0.25, 0.3) is 5.91 Å². The maximum absolute atomic E-state index is 12.3. The highest BCUT2D eigenvalue weighted by atomic mass is 19.1. The molecule has 3 aromatic carbocycles. The van der Waals surface area contributed by atoms with Gasteiger partial charge in [0, 0.05) is 35.8 Å². The van der Waals surface area contributed by atoms with Crippen molar-refractivity contribution in [3.05, 3.63) is 77.9 Å². The van der Waals surface area contributed by atoms with E-state index in [-0.39, 0.29) is 12.5 Å². The lowest BCUT2D eigenvalue weighted by Crippen LogP contribution is -2.38. The number of nitrogens with zero attached hydrogens (tertiary/aromatic N) is 1. The molecule has 3 aromatic rings. The van der Waals surface area contributed by atoms with Crippen LogP contribution in [0.4, 0.5) is 10.1 Å². The molecule has 2 unspecified atom stereocenters. The number of benzene rings is 3. The summed E-state index contributed by atoms with van der Waals surface area (Å²) in [4.78, 5) is 14.6. The van der Waals surface area contributed by atoms with E-state index in [9.17, 15) is 9.18 Å². The maximum atomic E-state index is 12.3. The summed E-state index contributed by atoms with van der Waals surface area (Å²) in [5, 5.41) is 5.19. The summed E-state index contributed by atoms with van der Waals surface area (Å²) in [5.41, 5.74) is 3.21. The Morgan fingerprint density at radius 2 is 1.81 bits per heavy atom. The van der Waals surface area contributed by atoms with Crippen molar-refractivity contribution in [3.63, 3.8) is 0 Å². The van der Waals surface area contributed by atoms with Crippen LogP contribution >= 0.6 is 0 Å². The fourth-order valence-electron chi connectivity index (χ4n) is 5.00. The fraction of sp³-hybridized carbons (Fsp3) is 0.370. The van der Waals surface area contributed by atoms with Gasteiger partial charge in [0.1, 0.15) is 6.67 Å². The molecule has 0 radical (unpaired) electrons. The molecule has 0 aromatic heterocycles. The molecule has 1 amide bonds. The first-order valence-electron chi connectivity index (χ1n) is 11.4. The lowest BCUT2D eigenvalue weighted by atomic mass is 9.80. The molecule has 1 saturated carbocycles. The van der Waals surface area contributed by atoms with Gasteiger partial charge in [-0.2, -0.15) is 0 Å². The van der Waals surface area contributed by atoms with E-state index < -0.39 is 6.67 Å². The summed E-state index contributed by atoms with van der Waals surface area (Å²) in [5.74, 6) is 0.282. The van der Waals surface area contributed by atoms with Crippen LogP contribution in [0.1, 0.15) is 54.4 Å². The molecule has 0 bridgehead atoms. The zero-order valence-corrected chi connectivity index (χ0v) is 18.2. The molecular weight excluding hydrogens is 387 g/mol. The Labute approximate surface area is 184 Å². The number of fused-ring (bicyclic) bond motifs is 1. The van der Waals surface area contributed by atoms with E-state index in [0.29, 0.717) is 17.5 Å². The zero-order valence-electron chi connectivity index (χ0n) is 18.2. The van der Waals surface area contributed by atoms with Crippen molar-refractivity contribution in [1.82, 2.24) is 5.32 Å². The Kier molecular flexibility index (Phi) is 6.86. The first-order valence-corrected chi connectivity index (χ1v) is 11.4. The molecule has 0 saturated heterocycles. The van der Waals surface area contributed by atoms with E-state index in [1.54, 1.807) is 0 Å². The zero-order chi connectivity index (χ0) is 21.6. The number of anilines is 1. The minimum absolute atomic E-state index is 0.0614. The van der Waals surface area contributed by atoms with Gasteiger partial charge in [0.2, 0.25) is 0 Å². The topological polar surface area (TPSA) is 32.3 Å². The van der Waals surface area contributed by atoms with Crippen molar-refractivity contribution >= 4 is 22.4 Å². The summed E-state index contributed by atoms with van der Waals surface area (Å²) in [6.45, 7) is 2.75. The Bertz CT molecular complexity index is 1010.